The Kier molecular flexibility index (Phi) is 5.07. The Morgan fingerprint density at radius 1 is 1.15 bits per heavy atom. The zero-order valence-corrected chi connectivity index (χ0v) is 12.0. The fourth-order valence-corrected chi connectivity index (χ4v) is 3.03. The Morgan fingerprint density at radius 3 is 2.35 bits per heavy atom. The lowest BCUT2D eigenvalue weighted by molar-refractivity contribution is -0.137. The van der Waals surface area contributed by atoms with Crippen LogP contribution in [-0.4, -0.2) is 18.2 Å². The van der Waals surface area contributed by atoms with Gasteiger partial charge in [0.2, 0.25) is 0 Å². The van der Waals surface area contributed by atoms with Crippen LogP contribution in [0.1, 0.15) is 17.2 Å². The van der Waals surface area contributed by atoms with Gasteiger partial charge < -0.3 is 9.84 Å². The smallest absolute Gasteiger partial charge is 0.304 e. The summed E-state index contributed by atoms with van der Waals surface area (Å²) in [4.78, 5) is 12.1. The van der Waals surface area contributed by atoms with Gasteiger partial charge >= 0.3 is 5.97 Å². The second-order valence-corrected chi connectivity index (χ2v) is 5.57. The first-order chi connectivity index (χ1) is 9.69. The third-order valence-electron chi connectivity index (χ3n) is 2.87. The van der Waals surface area contributed by atoms with Gasteiger partial charge in [0, 0.05) is 10.1 Å². The van der Waals surface area contributed by atoms with Crippen molar-refractivity contribution in [3.63, 3.8) is 0 Å². The molecule has 2 aromatic carbocycles. The summed E-state index contributed by atoms with van der Waals surface area (Å²) >= 11 is 1.56. The molecule has 1 N–H and O–H groups in total. The van der Waals surface area contributed by atoms with Gasteiger partial charge in [0.05, 0.1) is 13.5 Å². The van der Waals surface area contributed by atoms with E-state index in [2.05, 4.69) is 0 Å². The third-order valence-corrected chi connectivity index (χ3v) is 4.14. The minimum Gasteiger partial charge on any atom is -0.497 e. The van der Waals surface area contributed by atoms with Gasteiger partial charge in [-0.15, -0.1) is 11.8 Å². The molecule has 2 rings (SSSR count). The van der Waals surface area contributed by atoms with Gasteiger partial charge in [-0.3, -0.25) is 4.79 Å². The Morgan fingerprint density at radius 2 is 1.80 bits per heavy atom. The van der Waals surface area contributed by atoms with E-state index in [9.17, 15) is 4.79 Å². The van der Waals surface area contributed by atoms with Crippen LogP contribution < -0.4 is 4.74 Å². The number of carboxylic acid groups (broad SMARTS) is 1. The number of ether oxygens (including phenoxy) is 1. The minimum atomic E-state index is -0.797. The fraction of sp³-hybridized carbons (Fsp3) is 0.188. The lowest BCUT2D eigenvalue weighted by atomic mass is 10.1. The molecular weight excluding hydrogens is 272 g/mol. The summed E-state index contributed by atoms with van der Waals surface area (Å²) in [5.74, 6) is -0.0261. The molecule has 1 unspecified atom stereocenters. The van der Waals surface area contributed by atoms with Gasteiger partial charge in [0.1, 0.15) is 5.75 Å². The van der Waals surface area contributed by atoms with Gasteiger partial charge in [0.15, 0.2) is 0 Å². The lowest BCUT2D eigenvalue weighted by Crippen LogP contribution is -2.03. The van der Waals surface area contributed by atoms with Crippen molar-refractivity contribution in [2.45, 2.75) is 16.6 Å². The van der Waals surface area contributed by atoms with Crippen LogP contribution >= 0.6 is 11.8 Å². The first kappa shape index (κ1) is 14.5. The molecule has 2 aromatic rings. The van der Waals surface area contributed by atoms with E-state index in [1.165, 1.54) is 0 Å². The molecule has 0 fully saturated rings. The molecule has 0 heterocycles. The largest absolute Gasteiger partial charge is 0.497 e. The van der Waals surface area contributed by atoms with Crippen LogP contribution in [0.4, 0.5) is 0 Å². The van der Waals surface area contributed by atoms with Gasteiger partial charge in [-0.1, -0.05) is 30.3 Å². The van der Waals surface area contributed by atoms with E-state index >= 15 is 0 Å². The molecule has 20 heavy (non-hydrogen) atoms. The highest BCUT2D eigenvalue weighted by atomic mass is 32.2. The number of thioether (sulfide) groups is 1. The van der Waals surface area contributed by atoms with Crippen molar-refractivity contribution < 1.29 is 14.6 Å². The molecule has 3 nitrogen and oxygen atoms in total. The maximum Gasteiger partial charge on any atom is 0.304 e. The first-order valence-corrected chi connectivity index (χ1v) is 7.14. The number of hydrogen-bond donors (Lipinski definition) is 1. The summed E-state index contributed by atoms with van der Waals surface area (Å²) in [6.45, 7) is 0. The number of methoxy groups -OCH3 is 1. The van der Waals surface area contributed by atoms with Crippen molar-refractivity contribution in [2.75, 3.05) is 7.11 Å². The quantitative estimate of drug-likeness (QED) is 0.816. The fourth-order valence-electron chi connectivity index (χ4n) is 1.87. The monoisotopic (exact) mass is 288 g/mol. The van der Waals surface area contributed by atoms with E-state index in [4.69, 9.17) is 9.84 Å². The van der Waals surface area contributed by atoms with E-state index in [1.807, 2.05) is 54.6 Å². The number of carboxylic acids is 1. The van der Waals surface area contributed by atoms with Gasteiger partial charge in [0.25, 0.3) is 0 Å². The maximum atomic E-state index is 11.1. The number of hydrogen-bond acceptors (Lipinski definition) is 3. The topological polar surface area (TPSA) is 46.5 Å². The van der Waals surface area contributed by atoms with E-state index in [-0.39, 0.29) is 11.7 Å². The molecule has 0 aromatic heterocycles. The van der Waals surface area contributed by atoms with Crippen molar-refractivity contribution in [1.29, 1.82) is 0 Å². The van der Waals surface area contributed by atoms with E-state index in [0.717, 1.165) is 16.2 Å². The molecule has 104 valence electrons. The van der Waals surface area contributed by atoms with Crippen molar-refractivity contribution >= 4 is 17.7 Å². The lowest BCUT2D eigenvalue weighted by Gasteiger charge is -2.15. The number of benzene rings is 2. The Labute approximate surface area is 122 Å². The minimum absolute atomic E-state index is 0.0892. The third kappa shape index (κ3) is 4.03. The van der Waals surface area contributed by atoms with E-state index in [1.54, 1.807) is 18.9 Å². The molecule has 0 radical (unpaired) electrons. The molecule has 0 amide bonds. The van der Waals surface area contributed by atoms with E-state index in [0.29, 0.717) is 0 Å². The predicted molar refractivity (Wildman–Crippen MR) is 80.3 cm³/mol. The molecule has 0 spiro atoms. The molecule has 1 atom stereocenters. The van der Waals surface area contributed by atoms with Crippen LogP contribution in [0.15, 0.2) is 59.5 Å². The maximum absolute atomic E-state index is 11.1. The van der Waals surface area contributed by atoms with Crippen molar-refractivity contribution in [2.24, 2.45) is 0 Å². The van der Waals surface area contributed by atoms with Crippen LogP contribution in [0, 0.1) is 0 Å². The molecule has 0 aliphatic carbocycles. The summed E-state index contributed by atoms with van der Waals surface area (Å²) < 4.78 is 5.13. The van der Waals surface area contributed by atoms with Crippen molar-refractivity contribution in [3.05, 3.63) is 60.2 Å². The Hall–Kier alpha value is -1.94. The molecule has 0 bridgehead atoms. The molecular formula is C16H16O3S. The van der Waals surface area contributed by atoms with Crippen LogP contribution in [0.3, 0.4) is 0 Å². The highest BCUT2D eigenvalue weighted by molar-refractivity contribution is 7.99. The zero-order chi connectivity index (χ0) is 14.4. The summed E-state index contributed by atoms with van der Waals surface area (Å²) in [5, 5.41) is 8.98. The van der Waals surface area contributed by atoms with Gasteiger partial charge in [-0.2, -0.15) is 0 Å². The Balaban J connectivity index is 2.19. The number of carbonyl (C=O) groups is 1. The second-order valence-electron chi connectivity index (χ2n) is 4.29. The standard InChI is InChI=1S/C16H16O3S/c1-19-13-9-7-12(8-10-13)15(11-16(17)18)20-14-5-3-2-4-6-14/h2-10,15H,11H2,1H3,(H,17,18). The SMILES string of the molecule is COc1ccc(C(CC(=O)O)Sc2ccccc2)cc1. The molecule has 0 saturated carbocycles. The van der Waals surface area contributed by atoms with E-state index < -0.39 is 5.97 Å². The van der Waals surface area contributed by atoms with Crippen LogP contribution in [0.2, 0.25) is 0 Å². The summed E-state index contributed by atoms with van der Waals surface area (Å²) in [6.07, 6.45) is 0.0892. The second kappa shape index (κ2) is 7.01. The van der Waals surface area contributed by atoms with Crippen LogP contribution in [0.5, 0.6) is 5.75 Å². The number of rotatable bonds is 6. The average molecular weight is 288 g/mol. The number of aliphatic carboxylic acids is 1. The zero-order valence-electron chi connectivity index (χ0n) is 11.2. The highest BCUT2D eigenvalue weighted by Crippen LogP contribution is 2.38. The van der Waals surface area contributed by atoms with Crippen LogP contribution in [-0.2, 0) is 4.79 Å². The Bertz CT molecular complexity index is 552. The summed E-state index contributed by atoms with van der Waals surface area (Å²) in [6, 6.07) is 17.4. The summed E-state index contributed by atoms with van der Waals surface area (Å²) in [5.41, 5.74) is 0.988. The molecule has 0 aliphatic rings. The highest BCUT2D eigenvalue weighted by Gasteiger charge is 2.17. The van der Waals surface area contributed by atoms with Crippen molar-refractivity contribution in [3.8, 4) is 5.75 Å². The predicted octanol–water partition coefficient (Wildman–Crippen LogP) is 4.00. The normalized spacial score (nSPS) is 11.8. The van der Waals surface area contributed by atoms with Crippen molar-refractivity contribution in [1.82, 2.24) is 0 Å². The summed E-state index contributed by atoms with van der Waals surface area (Å²) in [7, 11) is 1.61. The van der Waals surface area contributed by atoms with Gasteiger partial charge in [-0.05, 0) is 29.8 Å². The van der Waals surface area contributed by atoms with Gasteiger partial charge in [-0.25, -0.2) is 0 Å². The van der Waals surface area contributed by atoms with Crippen LogP contribution in [0.25, 0.3) is 0 Å². The molecule has 0 aliphatic heterocycles. The average Bonchev–Trinajstić information content (AvgIpc) is 2.47. The first-order valence-electron chi connectivity index (χ1n) is 6.26. The molecule has 4 heteroatoms. The molecule has 0 saturated heterocycles.